The summed E-state index contributed by atoms with van der Waals surface area (Å²) in [6.07, 6.45) is 3.91. The van der Waals surface area contributed by atoms with Crippen molar-refractivity contribution in [3.05, 3.63) is 47.8 Å². The van der Waals surface area contributed by atoms with E-state index in [1.54, 1.807) is 10.9 Å². The Hall–Kier alpha value is -1.81. The van der Waals surface area contributed by atoms with Gasteiger partial charge < -0.3 is 10.4 Å². The molecule has 2 heterocycles. The average Bonchev–Trinajstić information content (AvgIpc) is 2.93. The Morgan fingerprint density at radius 1 is 1.47 bits per heavy atom. The molecule has 0 amide bonds. The number of nitrogens with one attached hydrogen (secondary N) is 1. The van der Waals surface area contributed by atoms with E-state index in [-0.39, 0.29) is 6.04 Å². The Labute approximate surface area is 99.9 Å². The fraction of sp³-hybridized carbons (Fsp3) is 0.308. The summed E-state index contributed by atoms with van der Waals surface area (Å²) in [6.45, 7) is 0. The molecule has 0 bridgehead atoms. The van der Waals surface area contributed by atoms with E-state index in [9.17, 15) is 5.11 Å². The highest BCUT2D eigenvalue weighted by Gasteiger charge is 2.28. The third-order valence-corrected chi connectivity index (χ3v) is 3.25. The molecule has 4 nitrogen and oxygen atoms in total. The topological polar surface area (TPSA) is 50.1 Å². The number of hydrogen-bond donors (Lipinski definition) is 2. The third-order valence-electron chi connectivity index (χ3n) is 3.25. The first-order chi connectivity index (χ1) is 8.24. The quantitative estimate of drug-likeness (QED) is 0.820. The number of aromatic nitrogens is 2. The van der Waals surface area contributed by atoms with Crippen LogP contribution in [-0.2, 0) is 13.5 Å². The first kappa shape index (κ1) is 10.4. The molecule has 0 saturated carbocycles. The smallest absolute Gasteiger partial charge is 0.102 e. The van der Waals surface area contributed by atoms with Crippen LogP contribution in [0.5, 0.6) is 0 Å². The molecular weight excluding hydrogens is 214 g/mol. The number of hydrogen-bond acceptors (Lipinski definition) is 3. The Bertz CT molecular complexity index is 510. The van der Waals surface area contributed by atoms with Gasteiger partial charge in [0.2, 0.25) is 0 Å². The minimum absolute atomic E-state index is 0.0385. The molecule has 2 N–H and O–H groups in total. The second-order valence-corrected chi connectivity index (χ2v) is 4.50. The molecule has 2 aromatic rings. The van der Waals surface area contributed by atoms with Gasteiger partial charge in [0.05, 0.1) is 12.2 Å². The molecule has 1 aliphatic heterocycles. The van der Waals surface area contributed by atoms with Crippen molar-refractivity contribution < 1.29 is 5.11 Å². The van der Waals surface area contributed by atoms with Crippen LogP contribution in [0.1, 0.15) is 17.2 Å². The van der Waals surface area contributed by atoms with Crippen molar-refractivity contribution in [3.63, 3.8) is 0 Å². The van der Waals surface area contributed by atoms with E-state index in [0.29, 0.717) is 0 Å². The number of nitrogens with zero attached hydrogens (tertiary/aromatic N) is 2. The van der Waals surface area contributed by atoms with Gasteiger partial charge in [0.25, 0.3) is 0 Å². The number of benzene rings is 1. The molecule has 2 atom stereocenters. The lowest BCUT2D eigenvalue weighted by atomic mass is 10.0. The van der Waals surface area contributed by atoms with E-state index in [0.717, 1.165) is 17.7 Å². The van der Waals surface area contributed by atoms with Gasteiger partial charge >= 0.3 is 0 Å². The van der Waals surface area contributed by atoms with Gasteiger partial charge in [-0.2, -0.15) is 5.10 Å². The van der Waals surface area contributed by atoms with Crippen LogP contribution in [0.2, 0.25) is 0 Å². The summed E-state index contributed by atoms with van der Waals surface area (Å²) >= 11 is 0. The fourth-order valence-corrected chi connectivity index (χ4v) is 2.34. The van der Waals surface area contributed by atoms with Crippen molar-refractivity contribution in [1.82, 2.24) is 9.78 Å². The molecule has 0 saturated heterocycles. The highest BCUT2D eigenvalue weighted by molar-refractivity contribution is 5.57. The van der Waals surface area contributed by atoms with Crippen LogP contribution in [0.3, 0.4) is 0 Å². The number of para-hydroxylation sites is 1. The summed E-state index contributed by atoms with van der Waals surface area (Å²) < 4.78 is 1.71. The Morgan fingerprint density at radius 3 is 3.00 bits per heavy atom. The van der Waals surface area contributed by atoms with Gasteiger partial charge in [0.1, 0.15) is 6.10 Å². The molecule has 1 aromatic carbocycles. The number of rotatable bonds is 2. The molecule has 2 unspecified atom stereocenters. The summed E-state index contributed by atoms with van der Waals surface area (Å²) in [4.78, 5) is 0. The fourth-order valence-electron chi connectivity index (χ4n) is 2.34. The summed E-state index contributed by atoms with van der Waals surface area (Å²) in [7, 11) is 1.85. The minimum Gasteiger partial charge on any atom is -0.386 e. The van der Waals surface area contributed by atoms with Gasteiger partial charge in [-0.1, -0.05) is 18.2 Å². The molecular formula is C13H15N3O. The van der Waals surface area contributed by atoms with Crippen molar-refractivity contribution in [1.29, 1.82) is 0 Å². The van der Waals surface area contributed by atoms with E-state index in [4.69, 9.17) is 0 Å². The predicted octanol–water partition coefficient (Wildman–Crippen LogP) is 1.49. The van der Waals surface area contributed by atoms with Crippen molar-refractivity contribution in [3.8, 4) is 0 Å². The highest BCUT2D eigenvalue weighted by atomic mass is 16.3. The number of fused-ring (bicyclic) bond motifs is 1. The van der Waals surface area contributed by atoms with Gasteiger partial charge in [-0.15, -0.1) is 0 Å². The standard InChI is InChI=1S/C13H15N3O/c1-16-8-10(7-14-16)13(17)12-6-9-4-2-3-5-11(9)15-12/h2-5,7-8,12-13,15,17H,6H2,1H3. The molecule has 17 heavy (non-hydrogen) atoms. The monoisotopic (exact) mass is 229 g/mol. The number of aryl methyl sites for hydroxylation is 1. The second kappa shape index (κ2) is 3.89. The molecule has 0 spiro atoms. The molecule has 1 aliphatic rings. The molecule has 1 aromatic heterocycles. The molecule has 4 heteroatoms. The van der Waals surface area contributed by atoms with E-state index >= 15 is 0 Å². The van der Waals surface area contributed by atoms with E-state index in [2.05, 4.69) is 16.5 Å². The van der Waals surface area contributed by atoms with E-state index in [1.807, 2.05) is 31.4 Å². The normalized spacial score (nSPS) is 19.8. The number of aliphatic hydroxyl groups excluding tert-OH is 1. The zero-order valence-corrected chi connectivity index (χ0v) is 9.67. The lowest BCUT2D eigenvalue weighted by molar-refractivity contribution is 0.156. The van der Waals surface area contributed by atoms with Crippen molar-refractivity contribution in [2.75, 3.05) is 5.32 Å². The Kier molecular flexibility index (Phi) is 2.37. The first-order valence-corrected chi connectivity index (χ1v) is 5.75. The SMILES string of the molecule is Cn1cc(C(O)C2Cc3ccccc3N2)cn1. The number of aliphatic hydroxyl groups is 1. The summed E-state index contributed by atoms with van der Waals surface area (Å²) in [5, 5.41) is 17.7. The summed E-state index contributed by atoms with van der Waals surface area (Å²) in [6, 6.07) is 8.21. The second-order valence-electron chi connectivity index (χ2n) is 4.50. The lowest BCUT2D eigenvalue weighted by Gasteiger charge is -2.17. The van der Waals surface area contributed by atoms with Crippen molar-refractivity contribution in [2.45, 2.75) is 18.6 Å². The van der Waals surface area contributed by atoms with Crippen LogP contribution >= 0.6 is 0 Å². The highest BCUT2D eigenvalue weighted by Crippen LogP contribution is 2.31. The molecule has 0 fully saturated rings. The van der Waals surface area contributed by atoms with Crippen LogP contribution in [0.4, 0.5) is 5.69 Å². The van der Waals surface area contributed by atoms with Crippen molar-refractivity contribution >= 4 is 5.69 Å². The zero-order valence-electron chi connectivity index (χ0n) is 9.67. The van der Waals surface area contributed by atoms with Crippen LogP contribution < -0.4 is 5.32 Å². The molecule has 3 rings (SSSR count). The zero-order chi connectivity index (χ0) is 11.8. The maximum atomic E-state index is 10.3. The van der Waals surface area contributed by atoms with Gasteiger partial charge in [-0.3, -0.25) is 4.68 Å². The van der Waals surface area contributed by atoms with Gasteiger partial charge in [-0.25, -0.2) is 0 Å². The number of anilines is 1. The summed E-state index contributed by atoms with van der Waals surface area (Å²) in [5.41, 5.74) is 3.25. The van der Waals surface area contributed by atoms with Crippen molar-refractivity contribution in [2.24, 2.45) is 7.05 Å². The maximum absolute atomic E-state index is 10.3. The van der Waals surface area contributed by atoms with Gasteiger partial charge in [0, 0.05) is 24.5 Å². The minimum atomic E-state index is -0.518. The molecule has 0 radical (unpaired) electrons. The van der Waals surface area contributed by atoms with Crippen LogP contribution in [0.25, 0.3) is 0 Å². The van der Waals surface area contributed by atoms with Crippen LogP contribution in [0.15, 0.2) is 36.7 Å². The van der Waals surface area contributed by atoms with Crippen LogP contribution in [-0.4, -0.2) is 20.9 Å². The largest absolute Gasteiger partial charge is 0.386 e. The van der Waals surface area contributed by atoms with E-state index < -0.39 is 6.10 Å². The van der Waals surface area contributed by atoms with E-state index in [1.165, 1.54) is 5.56 Å². The average molecular weight is 229 g/mol. The lowest BCUT2D eigenvalue weighted by Crippen LogP contribution is -2.24. The Balaban J connectivity index is 1.80. The molecule has 0 aliphatic carbocycles. The molecule has 88 valence electrons. The van der Waals surface area contributed by atoms with Gasteiger partial charge in [0.15, 0.2) is 0 Å². The maximum Gasteiger partial charge on any atom is 0.102 e. The van der Waals surface area contributed by atoms with Gasteiger partial charge in [-0.05, 0) is 18.1 Å². The summed E-state index contributed by atoms with van der Waals surface area (Å²) in [5.74, 6) is 0. The third kappa shape index (κ3) is 1.80. The predicted molar refractivity (Wildman–Crippen MR) is 65.7 cm³/mol. The first-order valence-electron chi connectivity index (χ1n) is 5.75. The van der Waals surface area contributed by atoms with Crippen LogP contribution in [0, 0.1) is 0 Å². The Morgan fingerprint density at radius 2 is 2.29 bits per heavy atom.